The standard InChI is InChI=1S/C19H14BrN9O/c1-2-28-10-11(8-23-28)16-26-17-12-4-3-5-13(20)15(12)25-19(29(17)27-16)24-14-9-21-6-7-22-18(14)30/h3-10H,2H2,1H3,(H,22,24,25,30). The number of halogens is 1. The van der Waals surface area contributed by atoms with Gasteiger partial charge in [-0.05, 0) is 35.0 Å². The maximum atomic E-state index is 12.2. The molecule has 30 heavy (non-hydrogen) atoms. The molecule has 4 heterocycles. The summed E-state index contributed by atoms with van der Waals surface area (Å²) in [6, 6.07) is 5.72. The summed E-state index contributed by atoms with van der Waals surface area (Å²) in [7, 11) is 0. The number of hydrogen-bond acceptors (Lipinski definition) is 8. The molecule has 0 spiro atoms. The number of hydrogen-bond donors (Lipinski definition) is 1. The number of nitrogens with zero attached hydrogens (tertiary/aromatic N) is 8. The van der Waals surface area contributed by atoms with Crippen molar-refractivity contribution in [2.24, 2.45) is 0 Å². The summed E-state index contributed by atoms with van der Waals surface area (Å²) in [6.45, 7) is 2.75. The van der Waals surface area contributed by atoms with Gasteiger partial charge in [0.1, 0.15) is 5.69 Å². The highest BCUT2D eigenvalue weighted by Gasteiger charge is 2.17. The predicted octanol–water partition coefficient (Wildman–Crippen LogP) is 2.82. The Labute approximate surface area is 177 Å². The minimum absolute atomic E-state index is 0.177. The molecule has 0 fully saturated rings. The monoisotopic (exact) mass is 463 g/mol. The molecule has 4 aromatic heterocycles. The molecular weight excluding hydrogens is 450 g/mol. The summed E-state index contributed by atoms with van der Waals surface area (Å²) in [6.07, 6.45) is 7.78. The van der Waals surface area contributed by atoms with E-state index in [4.69, 9.17) is 4.98 Å². The molecule has 1 aromatic carbocycles. The van der Waals surface area contributed by atoms with Gasteiger partial charge in [-0.2, -0.15) is 9.61 Å². The van der Waals surface area contributed by atoms with Crippen molar-refractivity contribution in [1.82, 2.24) is 39.3 Å². The summed E-state index contributed by atoms with van der Waals surface area (Å²) in [5.74, 6) is 0.821. The first-order chi connectivity index (χ1) is 14.6. The molecule has 5 aromatic rings. The summed E-state index contributed by atoms with van der Waals surface area (Å²) >= 11 is 3.54. The number of aromatic nitrogens is 8. The average molecular weight is 464 g/mol. The molecule has 0 atom stereocenters. The topological polar surface area (TPSA) is 116 Å². The van der Waals surface area contributed by atoms with Crippen LogP contribution in [0.2, 0.25) is 0 Å². The lowest BCUT2D eigenvalue weighted by molar-refractivity contribution is 0.660. The number of fused-ring (bicyclic) bond motifs is 3. The summed E-state index contributed by atoms with van der Waals surface area (Å²) in [5, 5.41) is 12.7. The second kappa shape index (κ2) is 7.26. The number of aryl methyl sites for hydroxylation is 1. The summed E-state index contributed by atoms with van der Waals surface area (Å²) < 4.78 is 4.17. The van der Waals surface area contributed by atoms with Crippen LogP contribution >= 0.6 is 15.9 Å². The highest BCUT2D eigenvalue weighted by atomic mass is 79.9. The van der Waals surface area contributed by atoms with Crippen LogP contribution in [-0.2, 0) is 6.54 Å². The van der Waals surface area contributed by atoms with E-state index in [-0.39, 0.29) is 5.69 Å². The normalized spacial score (nSPS) is 11.3. The summed E-state index contributed by atoms with van der Waals surface area (Å²) in [4.78, 5) is 29.4. The Morgan fingerprint density at radius 2 is 2.07 bits per heavy atom. The fourth-order valence-electron chi connectivity index (χ4n) is 3.04. The van der Waals surface area contributed by atoms with E-state index >= 15 is 0 Å². The molecule has 148 valence electrons. The van der Waals surface area contributed by atoms with Crippen molar-refractivity contribution in [2.75, 3.05) is 5.32 Å². The zero-order chi connectivity index (χ0) is 20.7. The first kappa shape index (κ1) is 18.3. The molecule has 11 heteroatoms. The third kappa shape index (κ3) is 3.08. The van der Waals surface area contributed by atoms with Crippen LogP contribution in [0.4, 0.5) is 11.6 Å². The van der Waals surface area contributed by atoms with Gasteiger partial charge in [-0.1, -0.05) is 6.07 Å². The Hall–Kier alpha value is -3.73. The van der Waals surface area contributed by atoms with Crippen molar-refractivity contribution < 1.29 is 0 Å². The van der Waals surface area contributed by atoms with Crippen LogP contribution in [0.3, 0.4) is 0 Å². The molecule has 0 unspecified atom stereocenters. The van der Waals surface area contributed by atoms with Crippen LogP contribution in [0.25, 0.3) is 27.9 Å². The molecule has 10 nitrogen and oxygen atoms in total. The number of para-hydroxylation sites is 1. The van der Waals surface area contributed by atoms with E-state index in [2.05, 4.69) is 46.4 Å². The van der Waals surface area contributed by atoms with Gasteiger partial charge in [0, 0.05) is 35.0 Å². The van der Waals surface area contributed by atoms with Crippen LogP contribution in [-0.4, -0.2) is 39.3 Å². The van der Waals surface area contributed by atoms with E-state index in [0.717, 1.165) is 22.0 Å². The van der Waals surface area contributed by atoms with Crippen LogP contribution < -0.4 is 10.9 Å². The zero-order valence-corrected chi connectivity index (χ0v) is 17.3. The molecule has 0 amide bonds. The Morgan fingerprint density at radius 3 is 2.90 bits per heavy atom. The van der Waals surface area contributed by atoms with Crippen molar-refractivity contribution in [3.05, 3.63) is 64.0 Å². The van der Waals surface area contributed by atoms with Crippen molar-refractivity contribution in [1.29, 1.82) is 0 Å². The van der Waals surface area contributed by atoms with E-state index in [1.807, 2.05) is 31.3 Å². The fourth-order valence-corrected chi connectivity index (χ4v) is 3.49. The third-order valence-electron chi connectivity index (χ3n) is 4.49. The van der Waals surface area contributed by atoms with Crippen molar-refractivity contribution in [2.45, 2.75) is 13.5 Å². The van der Waals surface area contributed by atoms with Gasteiger partial charge >= 0.3 is 0 Å². The highest BCUT2D eigenvalue weighted by Crippen LogP contribution is 2.29. The number of nitrogens with one attached hydrogen (secondary N) is 1. The smallest absolute Gasteiger partial charge is 0.295 e. The molecule has 0 aliphatic carbocycles. The van der Waals surface area contributed by atoms with Crippen LogP contribution in [0.15, 0.2) is 58.5 Å². The Morgan fingerprint density at radius 1 is 1.17 bits per heavy atom. The molecule has 0 aliphatic rings. The second-order valence-corrected chi connectivity index (χ2v) is 7.23. The molecular formula is C19H14BrN9O. The third-order valence-corrected chi connectivity index (χ3v) is 5.13. The Kier molecular flexibility index (Phi) is 4.43. The second-order valence-electron chi connectivity index (χ2n) is 6.38. The summed E-state index contributed by atoms with van der Waals surface area (Å²) in [5.41, 5.74) is 1.78. The highest BCUT2D eigenvalue weighted by molar-refractivity contribution is 9.10. The van der Waals surface area contributed by atoms with E-state index in [0.29, 0.717) is 22.9 Å². The molecule has 0 radical (unpaired) electrons. The minimum Gasteiger partial charge on any atom is -0.318 e. The quantitative estimate of drug-likeness (QED) is 0.432. The van der Waals surface area contributed by atoms with Gasteiger partial charge in [-0.25, -0.2) is 15.0 Å². The van der Waals surface area contributed by atoms with E-state index < -0.39 is 5.56 Å². The SMILES string of the molecule is CCn1cc(-c2nc3c4cccc(Br)c4nc(Nc4cnccnc4=O)n3n2)cn1. The van der Waals surface area contributed by atoms with Gasteiger partial charge in [-0.15, -0.1) is 5.10 Å². The van der Waals surface area contributed by atoms with E-state index in [9.17, 15) is 4.79 Å². The lowest BCUT2D eigenvalue weighted by Gasteiger charge is -2.08. The molecule has 5 rings (SSSR count). The van der Waals surface area contributed by atoms with Gasteiger partial charge in [0.2, 0.25) is 5.95 Å². The van der Waals surface area contributed by atoms with Crippen molar-refractivity contribution >= 4 is 44.1 Å². The number of anilines is 2. The number of rotatable bonds is 4. The van der Waals surface area contributed by atoms with Gasteiger partial charge in [0.15, 0.2) is 11.5 Å². The van der Waals surface area contributed by atoms with Crippen LogP contribution in [0, 0.1) is 0 Å². The van der Waals surface area contributed by atoms with E-state index in [1.54, 1.807) is 15.4 Å². The molecule has 1 N–H and O–H groups in total. The van der Waals surface area contributed by atoms with Gasteiger partial charge < -0.3 is 5.32 Å². The Balaban J connectivity index is 1.77. The Bertz CT molecular complexity index is 1460. The van der Waals surface area contributed by atoms with Crippen LogP contribution in [0.1, 0.15) is 6.92 Å². The molecule has 0 saturated carbocycles. The van der Waals surface area contributed by atoms with Crippen molar-refractivity contribution in [3.8, 4) is 11.4 Å². The lowest BCUT2D eigenvalue weighted by Crippen LogP contribution is -2.12. The largest absolute Gasteiger partial charge is 0.318 e. The lowest BCUT2D eigenvalue weighted by atomic mass is 10.2. The number of benzene rings is 1. The maximum absolute atomic E-state index is 12.2. The van der Waals surface area contributed by atoms with Gasteiger partial charge in [-0.3, -0.25) is 14.5 Å². The van der Waals surface area contributed by atoms with Gasteiger partial charge in [0.05, 0.1) is 23.5 Å². The predicted molar refractivity (Wildman–Crippen MR) is 114 cm³/mol. The van der Waals surface area contributed by atoms with Crippen LogP contribution in [0.5, 0.6) is 0 Å². The first-order valence-corrected chi connectivity index (χ1v) is 9.88. The first-order valence-electron chi connectivity index (χ1n) is 9.09. The maximum Gasteiger partial charge on any atom is 0.295 e. The molecule has 0 bridgehead atoms. The minimum atomic E-state index is -0.459. The molecule has 0 aliphatic heterocycles. The van der Waals surface area contributed by atoms with E-state index in [1.165, 1.54) is 18.6 Å². The average Bonchev–Trinajstić information content (AvgIpc) is 3.36. The van der Waals surface area contributed by atoms with Crippen molar-refractivity contribution in [3.63, 3.8) is 0 Å². The van der Waals surface area contributed by atoms with Gasteiger partial charge in [0.25, 0.3) is 5.56 Å². The fraction of sp³-hybridized carbons (Fsp3) is 0.105. The molecule has 0 saturated heterocycles. The zero-order valence-electron chi connectivity index (χ0n) is 15.7.